The van der Waals surface area contributed by atoms with Gasteiger partial charge in [-0.05, 0) is 37.6 Å². The zero-order valence-electron chi connectivity index (χ0n) is 12.4. The molecule has 0 spiro atoms. The van der Waals surface area contributed by atoms with E-state index in [-0.39, 0.29) is 5.91 Å². The van der Waals surface area contributed by atoms with Gasteiger partial charge in [-0.1, -0.05) is 6.07 Å². The highest BCUT2D eigenvalue weighted by Gasteiger charge is 2.30. The van der Waals surface area contributed by atoms with Gasteiger partial charge in [0.2, 0.25) is 5.91 Å². The second-order valence-electron chi connectivity index (χ2n) is 6.06. The van der Waals surface area contributed by atoms with Gasteiger partial charge in [0.15, 0.2) is 0 Å². The lowest BCUT2D eigenvalue weighted by Crippen LogP contribution is -2.50. The molecular weight excluding hydrogens is 264 g/mol. The highest BCUT2D eigenvalue weighted by atomic mass is 16.1. The van der Waals surface area contributed by atoms with E-state index in [1.807, 2.05) is 18.2 Å². The van der Waals surface area contributed by atoms with E-state index in [4.69, 9.17) is 5.73 Å². The van der Waals surface area contributed by atoms with Gasteiger partial charge < -0.3 is 11.1 Å². The summed E-state index contributed by atoms with van der Waals surface area (Å²) in [6, 6.07) is 8.04. The molecule has 5 heteroatoms. The van der Waals surface area contributed by atoms with Gasteiger partial charge in [-0.3, -0.25) is 14.6 Å². The van der Waals surface area contributed by atoms with Gasteiger partial charge in [0.05, 0.1) is 0 Å². The molecule has 0 saturated carbocycles. The number of hydrogen-bond acceptors (Lipinski definition) is 4. The predicted octanol–water partition coefficient (Wildman–Crippen LogP) is 1.38. The van der Waals surface area contributed by atoms with Crippen molar-refractivity contribution < 1.29 is 4.79 Å². The molecule has 3 rings (SSSR count). The van der Waals surface area contributed by atoms with Crippen LogP contribution in [-0.2, 0) is 4.79 Å². The second-order valence-corrected chi connectivity index (χ2v) is 6.06. The number of nitrogens with one attached hydrogen (secondary N) is 1. The molecule has 0 radical (unpaired) electrons. The molecule has 2 aliphatic rings. The lowest BCUT2D eigenvalue weighted by atomic mass is 10.1. The molecule has 0 bridgehead atoms. The zero-order valence-corrected chi connectivity index (χ0v) is 12.4. The van der Waals surface area contributed by atoms with E-state index in [0.29, 0.717) is 12.1 Å². The van der Waals surface area contributed by atoms with Crippen molar-refractivity contribution in [1.82, 2.24) is 9.80 Å². The number of nitrogens with zero attached hydrogens (tertiary/aromatic N) is 2. The van der Waals surface area contributed by atoms with Crippen LogP contribution >= 0.6 is 0 Å². The van der Waals surface area contributed by atoms with Crippen LogP contribution in [0.2, 0.25) is 0 Å². The molecule has 5 nitrogen and oxygen atoms in total. The molecule has 2 fully saturated rings. The summed E-state index contributed by atoms with van der Waals surface area (Å²) in [7, 11) is 0. The van der Waals surface area contributed by atoms with Crippen molar-refractivity contribution in [3.63, 3.8) is 0 Å². The minimum absolute atomic E-state index is 0.0643. The maximum Gasteiger partial charge on any atom is 0.225 e. The molecule has 1 unspecified atom stereocenters. The number of rotatable bonds is 4. The Kier molecular flexibility index (Phi) is 4.41. The standard InChI is InChI=1S/C16H24N4O/c17-13-3-1-4-14(11-13)18-16(21)6-8-19-9-10-20-7-2-5-15(20)12-19/h1,3-4,11,15H,2,5-10,12,17H2,(H,18,21). The second kappa shape index (κ2) is 6.45. The fourth-order valence-electron chi connectivity index (χ4n) is 3.36. The summed E-state index contributed by atoms with van der Waals surface area (Å²) in [6.45, 7) is 5.46. The monoisotopic (exact) mass is 288 g/mol. The van der Waals surface area contributed by atoms with Gasteiger partial charge in [0.25, 0.3) is 0 Å². The SMILES string of the molecule is Nc1cccc(NC(=O)CCN2CCN3CCCC3C2)c1. The summed E-state index contributed by atoms with van der Waals surface area (Å²) in [6.07, 6.45) is 3.18. The van der Waals surface area contributed by atoms with Crippen LogP contribution in [0.25, 0.3) is 0 Å². The lowest BCUT2D eigenvalue weighted by molar-refractivity contribution is -0.116. The Labute approximate surface area is 126 Å². The quantitative estimate of drug-likeness (QED) is 0.822. The fourth-order valence-corrected chi connectivity index (χ4v) is 3.36. The fraction of sp³-hybridized carbons (Fsp3) is 0.562. The van der Waals surface area contributed by atoms with Gasteiger partial charge in [0.1, 0.15) is 0 Å². The van der Waals surface area contributed by atoms with Crippen LogP contribution in [0, 0.1) is 0 Å². The van der Waals surface area contributed by atoms with E-state index in [2.05, 4.69) is 15.1 Å². The maximum absolute atomic E-state index is 12.0. The summed E-state index contributed by atoms with van der Waals surface area (Å²) >= 11 is 0. The van der Waals surface area contributed by atoms with Gasteiger partial charge in [-0.25, -0.2) is 0 Å². The number of benzene rings is 1. The van der Waals surface area contributed by atoms with Crippen LogP contribution in [-0.4, -0.2) is 54.5 Å². The number of hydrogen-bond donors (Lipinski definition) is 2. The molecule has 2 aliphatic heterocycles. The van der Waals surface area contributed by atoms with Crippen molar-refractivity contribution in [3.8, 4) is 0 Å². The Morgan fingerprint density at radius 3 is 3.10 bits per heavy atom. The first kappa shape index (κ1) is 14.4. The minimum Gasteiger partial charge on any atom is -0.399 e. The molecule has 0 aliphatic carbocycles. The van der Waals surface area contributed by atoms with Crippen LogP contribution in [0.5, 0.6) is 0 Å². The third-order valence-corrected chi connectivity index (χ3v) is 4.50. The number of amides is 1. The first-order valence-corrected chi connectivity index (χ1v) is 7.82. The molecule has 2 heterocycles. The number of anilines is 2. The molecule has 1 aromatic rings. The van der Waals surface area contributed by atoms with E-state index >= 15 is 0 Å². The average molecular weight is 288 g/mol. The summed E-state index contributed by atoms with van der Waals surface area (Å²) in [5.41, 5.74) is 7.16. The molecule has 114 valence electrons. The van der Waals surface area contributed by atoms with Gasteiger partial charge >= 0.3 is 0 Å². The third-order valence-electron chi connectivity index (χ3n) is 4.50. The van der Waals surface area contributed by atoms with E-state index in [0.717, 1.165) is 37.9 Å². The molecule has 2 saturated heterocycles. The van der Waals surface area contributed by atoms with Crippen molar-refractivity contribution in [1.29, 1.82) is 0 Å². The van der Waals surface area contributed by atoms with Crippen molar-refractivity contribution in [2.45, 2.75) is 25.3 Å². The molecule has 3 N–H and O–H groups in total. The molecule has 1 aromatic carbocycles. The molecule has 21 heavy (non-hydrogen) atoms. The van der Waals surface area contributed by atoms with Gasteiger partial charge in [-0.15, -0.1) is 0 Å². The van der Waals surface area contributed by atoms with Crippen molar-refractivity contribution in [3.05, 3.63) is 24.3 Å². The van der Waals surface area contributed by atoms with Crippen molar-refractivity contribution >= 4 is 17.3 Å². The largest absolute Gasteiger partial charge is 0.399 e. The van der Waals surface area contributed by atoms with E-state index < -0.39 is 0 Å². The van der Waals surface area contributed by atoms with Crippen LogP contribution in [0.1, 0.15) is 19.3 Å². The summed E-state index contributed by atoms with van der Waals surface area (Å²) in [5.74, 6) is 0.0643. The molecule has 1 atom stereocenters. The van der Waals surface area contributed by atoms with E-state index in [9.17, 15) is 4.79 Å². The summed E-state index contributed by atoms with van der Waals surface area (Å²) in [5, 5.41) is 2.91. The molecular formula is C16H24N4O. The zero-order chi connectivity index (χ0) is 14.7. The van der Waals surface area contributed by atoms with E-state index in [1.165, 1.54) is 19.4 Å². The highest BCUT2D eigenvalue weighted by molar-refractivity contribution is 5.91. The van der Waals surface area contributed by atoms with Crippen LogP contribution in [0.3, 0.4) is 0 Å². The van der Waals surface area contributed by atoms with Crippen LogP contribution in [0.15, 0.2) is 24.3 Å². The number of nitrogen functional groups attached to an aromatic ring is 1. The Morgan fingerprint density at radius 1 is 1.33 bits per heavy atom. The third kappa shape index (κ3) is 3.74. The number of fused-ring (bicyclic) bond motifs is 1. The number of carbonyl (C=O) groups is 1. The molecule has 0 aromatic heterocycles. The first-order chi connectivity index (χ1) is 10.2. The number of piperazine rings is 1. The van der Waals surface area contributed by atoms with Crippen molar-refractivity contribution in [2.75, 3.05) is 43.8 Å². The smallest absolute Gasteiger partial charge is 0.225 e. The maximum atomic E-state index is 12.0. The van der Waals surface area contributed by atoms with E-state index in [1.54, 1.807) is 6.07 Å². The average Bonchev–Trinajstić information content (AvgIpc) is 2.92. The Hall–Kier alpha value is -1.59. The van der Waals surface area contributed by atoms with Gasteiger partial charge in [-0.2, -0.15) is 0 Å². The molecule has 1 amide bonds. The van der Waals surface area contributed by atoms with Crippen LogP contribution < -0.4 is 11.1 Å². The minimum atomic E-state index is 0.0643. The predicted molar refractivity (Wildman–Crippen MR) is 85.1 cm³/mol. The Bertz CT molecular complexity index is 505. The lowest BCUT2D eigenvalue weighted by Gasteiger charge is -2.37. The van der Waals surface area contributed by atoms with Crippen LogP contribution in [0.4, 0.5) is 11.4 Å². The highest BCUT2D eigenvalue weighted by Crippen LogP contribution is 2.21. The topological polar surface area (TPSA) is 61.6 Å². The summed E-state index contributed by atoms with van der Waals surface area (Å²) in [4.78, 5) is 17.0. The van der Waals surface area contributed by atoms with Gasteiger partial charge in [0, 0.05) is 50.0 Å². The first-order valence-electron chi connectivity index (χ1n) is 7.82. The van der Waals surface area contributed by atoms with Crippen molar-refractivity contribution in [2.24, 2.45) is 0 Å². The Morgan fingerprint density at radius 2 is 2.24 bits per heavy atom. The Balaban J connectivity index is 1.43. The number of nitrogens with two attached hydrogens (primary N) is 1. The summed E-state index contributed by atoms with van der Waals surface area (Å²) < 4.78 is 0. The normalized spacial score (nSPS) is 23.0. The number of carbonyl (C=O) groups excluding carboxylic acids is 1.